The molecular weight excluding hydrogens is 362 g/mol. The molecule has 3 rings (SSSR count). The molecule has 8 nitrogen and oxygen atoms in total. The van der Waals surface area contributed by atoms with Crippen molar-refractivity contribution in [2.24, 2.45) is 0 Å². The number of ether oxygens (including phenoxy) is 1. The lowest BCUT2D eigenvalue weighted by Gasteiger charge is -2.10. The number of anilines is 1. The van der Waals surface area contributed by atoms with E-state index in [-0.39, 0.29) is 23.4 Å². The number of nitrogens with one attached hydrogen (secondary N) is 2. The van der Waals surface area contributed by atoms with Gasteiger partial charge in [-0.3, -0.25) is 14.6 Å². The lowest BCUT2D eigenvalue weighted by Crippen LogP contribution is -2.24. The molecule has 0 spiro atoms. The topological polar surface area (TPSA) is 111 Å². The molecule has 0 aliphatic carbocycles. The minimum Gasteiger partial charge on any atom is -0.467 e. The van der Waals surface area contributed by atoms with Crippen LogP contribution in [-0.4, -0.2) is 29.9 Å². The monoisotopic (exact) mass is 379 g/mol. The molecule has 2 heterocycles. The van der Waals surface area contributed by atoms with E-state index in [4.69, 9.17) is 9.15 Å². The first-order valence-electron chi connectivity index (χ1n) is 8.34. The van der Waals surface area contributed by atoms with Gasteiger partial charge in [0.05, 0.1) is 31.2 Å². The van der Waals surface area contributed by atoms with Crippen LogP contribution in [0.25, 0.3) is 0 Å². The summed E-state index contributed by atoms with van der Waals surface area (Å²) in [6.07, 6.45) is 2.87. The Balaban J connectivity index is 1.72. The van der Waals surface area contributed by atoms with Crippen LogP contribution in [0.5, 0.6) is 0 Å². The quantitative estimate of drug-likeness (QED) is 0.637. The number of furan rings is 1. The third-order valence-corrected chi connectivity index (χ3v) is 3.84. The van der Waals surface area contributed by atoms with Gasteiger partial charge < -0.3 is 19.8 Å². The van der Waals surface area contributed by atoms with Crippen molar-refractivity contribution in [3.05, 3.63) is 83.6 Å². The Labute approximate surface area is 160 Å². The minimum atomic E-state index is -0.566. The summed E-state index contributed by atoms with van der Waals surface area (Å²) in [6.45, 7) is 0.205. The lowest BCUT2D eigenvalue weighted by atomic mass is 10.1. The Morgan fingerprint density at radius 1 is 1.07 bits per heavy atom. The number of pyridine rings is 1. The molecule has 2 N–H and O–H groups in total. The van der Waals surface area contributed by atoms with Crippen LogP contribution in [0.3, 0.4) is 0 Å². The molecule has 8 heteroatoms. The molecule has 1 aromatic carbocycles. The average Bonchev–Trinajstić information content (AvgIpc) is 3.25. The van der Waals surface area contributed by atoms with Crippen molar-refractivity contribution in [1.82, 2.24) is 10.3 Å². The second kappa shape index (κ2) is 8.63. The maximum Gasteiger partial charge on any atom is 0.339 e. The SMILES string of the molecule is COC(=O)c1ccccc1NC(=O)c1ccnc(C(=O)NCc2ccco2)c1. The first-order valence-corrected chi connectivity index (χ1v) is 8.34. The number of carbonyl (C=O) groups excluding carboxylic acids is 3. The van der Waals surface area contributed by atoms with Crippen molar-refractivity contribution in [3.63, 3.8) is 0 Å². The molecule has 2 aromatic heterocycles. The molecular formula is C20H17N3O5. The summed E-state index contributed by atoms with van der Waals surface area (Å²) in [4.78, 5) is 40.6. The van der Waals surface area contributed by atoms with Gasteiger partial charge in [0, 0.05) is 11.8 Å². The highest BCUT2D eigenvalue weighted by Gasteiger charge is 2.16. The van der Waals surface area contributed by atoms with Gasteiger partial charge in [-0.25, -0.2) is 4.79 Å². The first kappa shape index (κ1) is 18.8. The summed E-state index contributed by atoms with van der Waals surface area (Å²) >= 11 is 0. The van der Waals surface area contributed by atoms with E-state index >= 15 is 0 Å². The molecule has 0 aliphatic heterocycles. The molecule has 0 bridgehead atoms. The van der Waals surface area contributed by atoms with Crippen LogP contribution in [0.1, 0.15) is 37.0 Å². The zero-order chi connectivity index (χ0) is 19.9. The average molecular weight is 379 g/mol. The van der Waals surface area contributed by atoms with Crippen LogP contribution in [-0.2, 0) is 11.3 Å². The summed E-state index contributed by atoms with van der Waals surface area (Å²) in [7, 11) is 1.26. The molecule has 0 atom stereocenters. The van der Waals surface area contributed by atoms with Gasteiger partial charge in [0.15, 0.2) is 0 Å². The van der Waals surface area contributed by atoms with E-state index < -0.39 is 17.8 Å². The molecule has 0 saturated carbocycles. The third-order valence-electron chi connectivity index (χ3n) is 3.84. The zero-order valence-corrected chi connectivity index (χ0v) is 15.0. The molecule has 28 heavy (non-hydrogen) atoms. The fourth-order valence-electron chi connectivity index (χ4n) is 2.44. The Morgan fingerprint density at radius 3 is 2.64 bits per heavy atom. The Bertz CT molecular complexity index is 999. The van der Waals surface area contributed by atoms with Gasteiger partial charge in [-0.15, -0.1) is 0 Å². The Hall–Kier alpha value is -3.94. The number of hydrogen-bond donors (Lipinski definition) is 2. The van der Waals surface area contributed by atoms with Gasteiger partial charge in [-0.2, -0.15) is 0 Å². The molecule has 0 unspecified atom stereocenters. The number of methoxy groups -OCH3 is 1. The zero-order valence-electron chi connectivity index (χ0n) is 15.0. The molecule has 0 radical (unpaired) electrons. The summed E-state index contributed by atoms with van der Waals surface area (Å²) in [5.41, 5.74) is 0.835. The largest absolute Gasteiger partial charge is 0.467 e. The predicted octanol–water partition coefficient (Wildman–Crippen LogP) is 2.64. The summed E-state index contributed by atoms with van der Waals surface area (Å²) in [6, 6.07) is 12.8. The minimum absolute atomic E-state index is 0.0838. The fraction of sp³-hybridized carbons (Fsp3) is 0.100. The first-order chi connectivity index (χ1) is 13.6. The number of hydrogen-bond acceptors (Lipinski definition) is 6. The molecule has 3 aromatic rings. The molecule has 0 fully saturated rings. The van der Waals surface area contributed by atoms with Crippen molar-refractivity contribution in [2.75, 3.05) is 12.4 Å². The summed E-state index contributed by atoms with van der Waals surface area (Å²) < 4.78 is 9.86. The number of nitrogens with zero attached hydrogens (tertiary/aromatic N) is 1. The van der Waals surface area contributed by atoms with E-state index in [1.807, 2.05) is 0 Å². The van der Waals surface area contributed by atoms with Crippen LogP contribution in [0.15, 0.2) is 65.4 Å². The van der Waals surface area contributed by atoms with E-state index in [0.717, 1.165) is 0 Å². The van der Waals surface area contributed by atoms with Crippen molar-refractivity contribution >= 4 is 23.5 Å². The maximum absolute atomic E-state index is 12.6. The summed E-state index contributed by atoms with van der Waals surface area (Å²) in [5.74, 6) is -0.898. The van der Waals surface area contributed by atoms with E-state index in [0.29, 0.717) is 11.4 Å². The molecule has 0 saturated heterocycles. The number of esters is 1. The van der Waals surface area contributed by atoms with Gasteiger partial charge in [-0.05, 0) is 36.4 Å². The van der Waals surface area contributed by atoms with Crippen LogP contribution >= 0.6 is 0 Å². The summed E-state index contributed by atoms with van der Waals surface area (Å²) in [5, 5.41) is 5.31. The van der Waals surface area contributed by atoms with Crippen molar-refractivity contribution < 1.29 is 23.5 Å². The van der Waals surface area contributed by atoms with E-state index in [1.54, 1.807) is 36.4 Å². The van der Waals surface area contributed by atoms with Gasteiger partial charge in [0.1, 0.15) is 11.5 Å². The number of aromatic nitrogens is 1. The molecule has 142 valence electrons. The number of para-hydroxylation sites is 1. The smallest absolute Gasteiger partial charge is 0.339 e. The number of amides is 2. The molecule has 0 aliphatic rings. The number of carbonyl (C=O) groups is 3. The third kappa shape index (κ3) is 4.42. The van der Waals surface area contributed by atoms with Crippen LogP contribution < -0.4 is 10.6 Å². The van der Waals surface area contributed by atoms with Gasteiger partial charge in [0.25, 0.3) is 11.8 Å². The van der Waals surface area contributed by atoms with Gasteiger partial charge in [0.2, 0.25) is 0 Å². The van der Waals surface area contributed by atoms with E-state index in [2.05, 4.69) is 15.6 Å². The van der Waals surface area contributed by atoms with Crippen LogP contribution in [0.4, 0.5) is 5.69 Å². The highest BCUT2D eigenvalue weighted by Crippen LogP contribution is 2.17. The van der Waals surface area contributed by atoms with Crippen molar-refractivity contribution in [3.8, 4) is 0 Å². The van der Waals surface area contributed by atoms with Crippen LogP contribution in [0.2, 0.25) is 0 Å². The predicted molar refractivity (Wildman–Crippen MR) is 99.8 cm³/mol. The van der Waals surface area contributed by atoms with Crippen molar-refractivity contribution in [2.45, 2.75) is 6.54 Å². The number of benzene rings is 1. The standard InChI is InChI=1S/C20H17N3O5/c1-27-20(26)15-6-2-3-7-16(15)23-18(24)13-8-9-21-17(11-13)19(25)22-12-14-5-4-10-28-14/h2-11H,12H2,1H3,(H,22,25)(H,23,24). The number of rotatable bonds is 6. The maximum atomic E-state index is 12.6. The fourth-order valence-corrected chi connectivity index (χ4v) is 2.44. The highest BCUT2D eigenvalue weighted by molar-refractivity contribution is 6.08. The van der Waals surface area contributed by atoms with Gasteiger partial charge >= 0.3 is 5.97 Å². The van der Waals surface area contributed by atoms with E-state index in [9.17, 15) is 14.4 Å². The van der Waals surface area contributed by atoms with E-state index in [1.165, 1.54) is 31.7 Å². The normalized spacial score (nSPS) is 10.2. The van der Waals surface area contributed by atoms with Crippen molar-refractivity contribution in [1.29, 1.82) is 0 Å². The second-order valence-electron chi connectivity index (χ2n) is 5.68. The van der Waals surface area contributed by atoms with Gasteiger partial charge in [-0.1, -0.05) is 12.1 Å². The molecule has 2 amide bonds. The lowest BCUT2D eigenvalue weighted by molar-refractivity contribution is 0.0601. The second-order valence-corrected chi connectivity index (χ2v) is 5.68. The highest BCUT2D eigenvalue weighted by atomic mass is 16.5. The Kier molecular flexibility index (Phi) is 5.81. The van der Waals surface area contributed by atoms with Crippen LogP contribution in [0, 0.1) is 0 Å². The Morgan fingerprint density at radius 2 is 1.89 bits per heavy atom.